The number of nitrogens with one attached hydrogen (secondary N) is 1. The summed E-state index contributed by atoms with van der Waals surface area (Å²) < 4.78 is 5.11. The number of amides is 1. The van der Waals surface area contributed by atoms with Gasteiger partial charge in [-0.15, -0.1) is 0 Å². The Morgan fingerprint density at radius 2 is 2.35 bits per heavy atom. The number of anilines is 1. The van der Waals surface area contributed by atoms with Gasteiger partial charge in [0.1, 0.15) is 0 Å². The molecule has 91 valence electrons. The van der Waals surface area contributed by atoms with Crippen molar-refractivity contribution in [3.05, 3.63) is 29.8 Å². The zero-order valence-corrected chi connectivity index (χ0v) is 10.2. The monoisotopic (exact) mass is 232 g/mol. The van der Waals surface area contributed by atoms with E-state index in [-0.39, 0.29) is 6.09 Å². The van der Waals surface area contributed by atoms with Gasteiger partial charge in [0, 0.05) is 5.69 Å². The molecule has 0 unspecified atom stereocenters. The van der Waals surface area contributed by atoms with Gasteiger partial charge in [-0.3, -0.25) is 5.32 Å². The van der Waals surface area contributed by atoms with Crippen LogP contribution in [0.3, 0.4) is 0 Å². The summed E-state index contributed by atoms with van der Waals surface area (Å²) in [4.78, 5) is 11.5. The van der Waals surface area contributed by atoms with Crippen molar-refractivity contribution < 1.29 is 9.53 Å². The van der Waals surface area contributed by atoms with Crippen molar-refractivity contribution in [3.63, 3.8) is 0 Å². The summed E-state index contributed by atoms with van der Waals surface area (Å²) >= 11 is 0. The smallest absolute Gasteiger partial charge is 0.411 e. The van der Waals surface area contributed by atoms with Gasteiger partial charge in [0.25, 0.3) is 0 Å². The quantitative estimate of drug-likeness (QED) is 0.845. The van der Waals surface area contributed by atoms with Crippen LogP contribution in [0.1, 0.15) is 31.7 Å². The van der Waals surface area contributed by atoms with Gasteiger partial charge in [-0.2, -0.15) is 0 Å². The molecular formula is C14H18NO2. The predicted octanol–water partition coefficient (Wildman–Crippen LogP) is 3.40. The number of aryl methyl sites for hydroxylation is 1. The van der Waals surface area contributed by atoms with Crippen LogP contribution >= 0.6 is 0 Å². The van der Waals surface area contributed by atoms with E-state index in [0.717, 1.165) is 18.5 Å². The van der Waals surface area contributed by atoms with Gasteiger partial charge in [0.05, 0.1) is 6.61 Å². The van der Waals surface area contributed by atoms with Crippen LogP contribution in [0.4, 0.5) is 10.5 Å². The first kappa shape index (κ1) is 12.0. The van der Waals surface area contributed by atoms with Crippen LogP contribution in [-0.2, 0) is 11.2 Å². The summed E-state index contributed by atoms with van der Waals surface area (Å²) in [5.74, 6) is 0.596. The summed E-state index contributed by atoms with van der Waals surface area (Å²) in [7, 11) is 0. The molecule has 1 fully saturated rings. The zero-order chi connectivity index (χ0) is 12.1. The molecule has 3 nitrogen and oxygen atoms in total. The van der Waals surface area contributed by atoms with Crippen molar-refractivity contribution in [1.82, 2.24) is 0 Å². The third kappa shape index (κ3) is 4.10. The van der Waals surface area contributed by atoms with Gasteiger partial charge in [-0.05, 0) is 48.9 Å². The van der Waals surface area contributed by atoms with E-state index in [4.69, 9.17) is 4.74 Å². The van der Waals surface area contributed by atoms with Crippen molar-refractivity contribution in [2.45, 2.75) is 32.6 Å². The van der Waals surface area contributed by atoms with Crippen LogP contribution in [0.2, 0.25) is 0 Å². The number of carbonyl (C=O) groups is 1. The maximum atomic E-state index is 11.5. The number of benzene rings is 1. The van der Waals surface area contributed by atoms with Crippen LogP contribution in [0, 0.1) is 12.0 Å². The van der Waals surface area contributed by atoms with Crippen molar-refractivity contribution in [1.29, 1.82) is 0 Å². The second kappa shape index (κ2) is 5.71. The van der Waals surface area contributed by atoms with Crippen LogP contribution in [0.15, 0.2) is 18.2 Å². The molecule has 1 radical (unpaired) electrons. The molecule has 0 atom stereocenters. The molecule has 0 spiro atoms. The van der Waals surface area contributed by atoms with Gasteiger partial charge in [0.2, 0.25) is 0 Å². The number of carbonyl (C=O) groups excluding carboxylic acids is 1. The van der Waals surface area contributed by atoms with E-state index in [1.54, 1.807) is 6.07 Å². The number of hydrogen-bond acceptors (Lipinski definition) is 2. The van der Waals surface area contributed by atoms with E-state index in [1.807, 2.05) is 12.1 Å². The van der Waals surface area contributed by atoms with Crippen LogP contribution in [-0.4, -0.2) is 12.7 Å². The lowest BCUT2D eigenvalue weighted by atomic mass is 10.1. The highest BCUT2D eigenvalue weighted by atomic mass is 16.5. The first-order chi connectivity index (χ1) is 8.28. The van der Waals surface area contributed by atoms with E-state index in [2.05, 4.69) is 18.3 Å². The van der Waals surface area contributed by atoms with E-state index in [0.29, 0.717) is 12.5 Å². The van der Waals surface area contributed by atoms with Gasteiger partial charge < -0.3 is 4.74 Å². The largest absolute Gasteiger partial charge is 0.449 e. The van der Waals surface area contributed by atoms with Gasteiger partial charge in [0.15, 0.2) is 0 Å². The predicted molar refractivity (Wildman–Crippen MR) is 67.0 cm³/mol. The lowest BCUT2D eigenvalue weighted by Gasteiger charge is -2.07. The Kier molecular flexibility index (Phi) is 4.02. The molecule has 2 rings (SSSR count). The third-order valence-corrected chi connectivity index (χ3v) is 2.78. The molecule has 1 amide bonds. The first-order valence-corrected chi connectivity index (χ1v) is 6.21. The van der Waals surface area contributed by atoms with E-state index in [1.165, 1.54) is 18.4 Å². The first-order valence-electron chi connectivity index (χ1n) is 6.21. The molecule has 1 saturated carbocycles. The van der Waals surface area contributed by atoms with Crippen molar-refractivity contribution in [2.24, 2.45) is 5.92 Å². The summed E-state index contributed by atoms with van der Waals surface area (Å²) in [6.45, 7) is 2.67. The van der Waals surface area contributed by atoms with E-state index >= 15 is 0 Å². The van der Waals surface area contributed by atoms with Gasteiger partial charge >= 0.3 is 6.09 Å². The fourth-order valence-electron chi connectivity index (χ4n) is 1.66. The van der Waals surface area contributed by atoms with E-state index in [9.17, 15) is 4.79 Å². The molecule has 0 bridgehead atoms. The summed E-state index contributed by atoms with van der Waals surface area (Å²) in [6, 6.07) is 8.71. The van der Waals surface area contributed by atoms with Crippen LogP contribution in [0.25, 0.3) is 0 Å². The minimum atomic E-state index is -0.362. The average Bonchev–Trinajstić information content (AvgIpc) is 3.11. The number of hydrogen-bond donors (Lipinski definition) is 1. The second-order valence-corrected chi connectivity index (χ2v) is 4.55. The van der Waals surface area contributed by atoms with Crippen LogP contribution in [0.5, 0.6) is 0 Å². The van der Waals surface area contributed by atoms with E-state index < -0.39 is 0 Å². The molecule has 1 aromatic carbocycles. The highest BCUT2D eigenvalue weighted by Gasteiger charge is 2.22. The van der Waals surface area contributed by atoms with Crippen molar-refractivity contribution in [2.75, 3.05) is 11.9 Å². The minimum absolute atomic E-state index is 0.362. The molecule has 0 saturated heterocycles. The topological polar surface area (TPSA) is 38.3 Å². The Morgan fingerprint density at radius 1 is 1.53 bits per heavy atom. The molecule has 17 heavy (non-hydrogen) atoms. The standard InChI is InChI=1S/C14H18NO2/c1-2-4-11-5-3-6-13(9-11)15-14(16)17-10-12-7-8-12/h5-6,9,12H,2,4,7-8,10H2,1H3,(H,15,16). The SMILES string of the molecule is CCCc1c[c]cc(NC(=O)OCC2CC2)c1. The highest BCUT2D eigenvalue weighted by Crippen LogP contribution is 2.28. The summed E-state index contributed by atoms with van der Waals surface area (Å²) in [6.07, 6.45) is 4.10. The molecule has 1 aromatic rings. The molecular weight excluding hydrogens is 214 g/mol. The van der Waals surface area contributed by atoms with Crippen LogP contribution < -0.4 is 5.32 Å². The van der Waals surface area contributed by atoms with Gasteiger partial charge in [-0.25, -0.2) is 4.79 Å². The lowest BCUT2D eigenvalue weighted by molar-refractivity contribution is 0.156. The average molecular weight is 232 g/mol. The molecule has 1 N–H and O–H groups in total. The van der Waals surface area contributed by atoms with Crippen molar-refractivity contribution in [3.8, 4) is 0 Å². The highest BCUT2D eigenvalue weighted by molar-refractivity contribution is 5.84. The summed E-state index contributed by atoms with van der Waals surface area (Å²) in [5, 5.41) is 2.73. The zero-order valence-electron chi connectivity index (χ0n) is 10.2. The molecule has 0 aromatic heterocycles. The Bertz CT molecular complexity index is 386. The maximum Gasteiger partial charge on any atom is 0.411 e. The molecule has 1 aliphatic carbocycles. The summed E-state index contributed by atoms with van der Waals surface area (Å²) in [5.41, 5.74) is 1.95. The lowest BCUT2D eigenvalue weighted by Crippen LogP contribution is -2.15. The molecule has 0 heterocycles. The van der Waals surface area contributed by atoms with Crippen molar-refractivity contribution >= 4 is 11.8 Å². The Labute approximate surface area is 102 Å². The minimum Gasteiger partial charge on any atom is -0.449 e. The Balaban J connectivity index is 1.83. The normalized spacial score (nSPS) is 14.4. The third-order valence-electron chi connectivity index (χ3n) is 2.78. The maximum absolute atomic E-state index is 11.5. The number of ether oxygens (including phenoxy) is 1. The Morgan fingerprint density at radius 3 is 3.06 bits per heavy atom. The fourth-order valence-corrected chi connectivity index (χ4v) is 1.66. The second-order valence-electron chi connectivity index (χ2n) is 4.55. The fraction of sp³-hybridized carbons (Fsp3) is 0.500. The molecule has 0 aliphatic heterocycles. The Hall–Kier alpha value is -1.51. The van der Waals surface area contributed by atoms with Gasteiger partial charge in [-0.1, -0.05) is 19.4 Å². The molecule has 3 heteroatoms. The molecule has 1 aliphatic rings. The number of rotatable bonds is 5.